The Morgan fingerprint density at radius 2 is 1.67 bits per heavy atom. The molecule has 0 bridgehead atoms. The molecule has 2 aliphatic carbocycles. The standard InChI is InChI=1S/C23H27F3O/c1-3-13-4-5-15-11-16(7-6-14(15)10-13)18-12-17-8-9-19(27-2)22(25)20(17)23(26)21(18)24/h8-9,12-16H,3-7,10-11H2,1-2H3/t13?,14-,15?,16-/m1/s1. The zero-order valence-electron chi connectivity index (χ0n) is 16.0. The van der Waals surface area contributed by atoms with E-state index in [1.807, 2.05) is 0 Å². The second kappa shape index (κ2) is 7.37. The van der Waals surface area contributed by atoms with Crippen molar-refractivity contribution in [2.24, 2.45) is 17.8 Å². The number of hydrogen-bond donors (Lipinski definition) is 0. The first kappa shape index (κ1) is 18.6. The number of methoxy groups -OCH3 is 1. The summed E-state index contributed by atoms with van der Waals surface area (Å²) in [4.78, 5) is 0. The Morgan fingerprint density at radius 3 is 2.41 bits per heavy atom. The second-order valence-corrected chi connectivity index (χ2v) is 8.39. The van der Waals surface area contributed by atoms with Crippen LogP contribution >= 0.6 is 0 Å². The molecule has 27 heavy (non-hydrogen) atoms. The zero-order chi connectivity index (χ0) is 19.1. The number of rotatable bonds is 3. The highest BCUT2D eigenvalue weighted by molar-refractivity contribution is 5.86. The van der Waals surface area contributed by atoms with E-state index in [2.05, 4.69) is 6.92 Å². The maximum atomic E-state index is 14.9. The average molecular weight is 376 g/mol. The molecule has 0 heterocycles. The van der Waals surface area contributed by atoms with Gasteiger partial charge in [-0.15, -0.1) is 0 Å². The lowest BCUT2D eigenvalue weighted by Crippen LogP contribution is -2.30. The van der Waals surface area contributed by atoms with Crippen LogP contribution in [0.5, 0.6) is 5.75 Å². The van der Waals surface area contributed by atoms with Crippen molar-refractivity contribution in [1.29, 1.82) is 0 Å². The Hall–Kier alpha value is -1.71. The molecular formula is C23H27F3O. The van der Waals surface area contributed by atoms with Crippen molar-refractivity contribution in [2.45, 2.75) is 57.8 Å². The van der Waals surface area contributed by atoms with E-state index in [4.69, 9.17) is 4.74 Å². The molecule has 1 nitrogen and oxygen atoms in total. The fraction of sp³-hybridized carbons (Fsp3) is 0.565. The van der Waals surface area contributed by atoms with Crippen molar-refractivity contribution in [3.63, 3.8) is 0 Å². The minimum atomic E-state index is -1.09. The molecule has 0 saturated heterocycles. The van der Waals surface area contributed by atoms with Crippen molar-refractivity contribution < 1.29 is 17.9 Å². The smallest absolute Gasteiger partial charge is 0.175 e. The van der Waals surface area contributed by atoms with Gasteiger partial charge in [0.15, 0.2) is 23.2 Å². The predicted molar refractivity (Wildman–Crippen MR) is 102 cm³/mol. The first-order valence-electron chi connectivity index (χ1n) is 10.2. The van der Waals surface area contributed by atoms with Gasteiger partial charge in [-0.05, 0) is 78.9 Å². The summed E-state index contributed by atoms with van der Waals surface area (Å²) in [7, 11) is 1.32. The highest BCUT2D eigenvalue weighted by Gasteiger charge is 2.37. The predicted octanol–water partition coefficient (Wildman–Crippen LogP) is 6.98. The molecule has 2 aromatic rings. The van der Waals surface area contributed by atoms with Crippen LogP contribution in [-0.2, 0) is 0 Å². The summed E-state index contributed by atoms with van der Waals surface area (Å²) in [6, 6.07) is 4.74. The highest BCUT2D eigenvalue weighted by Crippen LogP contribution is 2.49. The highest BCUT2D eigenvalue weighted by atomic mass is 19.2. The van der Waals surface area contributed by atoms with Crippen LogP contribution in [0.3, 0.4) is 0 Å². The number of benzene rings is 2. The molecular weight excluding hydrogens is 349 g/mol. The molecule has 4 rings (SSSR count). The van der Waals surface area contributed by atoms with Crippen LogP contribution in [0.1, 0.15) is 63.4 Å². The number of ether oxygens (including phenoxy) is 1. The Morgan fingerprint density at radius 1 is 0.926 bits per heavy atom. The average Bonchev–Trinajstić information content (AvgIpc) is 2.69. The van der Waals surface area contributed by atoms with Gasteiger partial charge in [-0.2, -0.15) is 0 Å². The third-order valence-electron chi connectivity index (χ3n) is 7.07. The van der Waals surface area contributed by atoms with E-state index in [0.717, 1.165) is 31.1 Å². The molecule has 2 aliphatic rings. The molecule has 0 spiro atoms. The molecule has 4 heteroatoms. The SMILES string of the molecule is CCC1CCC2C[C@H](c3cc4ccc(OC)c(F)c4c(F)c3F)CC[C@@H]2C1. The van der Waals surface area contributed by atoms with E-state index in [1.165, 1.54) is 38.9 Å². The maximum Gasteiger partial charge on any atom is 0.175 e. The van der Waals surface area contributed by atoms with Gasteiger partial charge in [0.2, 0.25) is 0 Å². The van der Waals surface area contributed by atoms with E-state index >= 15 is 0 Å². The second-order valence-electron chi connectivity index (χ2n) is 8.39. The van der Waals surface area contributed by atoms with Gasteiger partial charge in [-0.25, -0.2) is 13.2 Å². The van der Waals surface area contributed by atoms with Crippen LogP contribution in [-0.4, -0.2) is 7.11 Å². The molecule has 0 radical (unpaired) electrons. The van der Waals surface area contributed by atoms with E-state index in [-0.39, 0.29) is 17.1 Å². The fourth-order valence-corrected chi connectivity index (χ4v) is 5.48. The topological polar surface area (TPSA) is 9.23 Å². The summed E-state index contributed by atoms with van der Waals surface area (Å²) in [5.74, 6) is -0.686. The molecule has 2 fully saturated rings. The fourth-order valence-electron chi connectivity index (χ4n) is 5.48. The summed E-state index contributed by atoms with van der Waals surface area (Å²) in [5.41, 5.74) is 0.417. The molecule has 0 N–H and O–H groups in total. The molecule has 2 aromatic carbocycles. The van der Waals surface area contributed by atoms with E-state index in [0.29, 0.717) is 16.9 Å². The Kier molecular flexibility index (Phi) is 5.09. The van der Waals surface area contributed by atoms with Crippen molar-refractivity contribution in [1.82, 2.24) is 0 Å². The van der Waals surface area contributed by atoms with Crippen LogP contribution in [0.15, 0.2) is 18.2 Å². The van der Waals surface area contributed by atoms with Crippen molar-refractivity contribution in [3.8, 4) is 5.75 Å². The van der Waals surface area contributed by atoms with E-state index in [9.17, 15) is 13.2 Å². The molecule has 0 aliphatic heterocycles. The van der Waals surface area contributed by atoms with Crippen LogP contribution < -0.4 is 4.74 Å². The lowest BCUT2D eigenvalue weighted by atomic mass is 9.63. The third kappa shape index (κ3) is 3.21. The van der Waals surface area contributed by atoms with Gasteiger partial charge in [0, 0.05) is 0 Å². The lowest BCUT2D eigenvalue weighted by molar-refractivity contribution is 0.115. The van der Waals surface area contributed by atoms with Crippen LogP contribution in [0, 0.1) is 35.2 Å². The quantitative estimate of drug-likeness (QED) is 0.562. The summed E-state index contributed by atoms with van der Waals surface area (Å²) >= 11 is 0. The summed E-state index contributed by atoms with van der Waals surface area (Å²) in [5, 5.41) is 0.0896. The third-order valence-corrected chi connectivity index (χ3v) is 7.07. The van der Waals surface area contributed by atoms with E-state index < -0.39 is 17.5 Å². The van der Waals surface area contributed by atoms with Gasteiger partial charge < -0.3 is 4.74 Å². The molecule has 0 amide bonds. The van der Waals surface area contributed by atoms with Gasteiger partial charge in [0.1, 0.15) is 0 Å². The zero-order valence-corrected chi connectivity index (χ0v) is 16.0. The summed E-state index contributed by atoms with van der Waals surface area (Å²) in [6.45, 7) is 2.26. The van der Waals surface area contributed by atoms with Crippen LogP contribution in [0.2, 0.25) is 0 Å². The van der Waals surface area contributed by atoms with Crippen molar-refractivity contribution >= 4 is 10.8 Å². The lowest BCUT2D eigenvalue weighted by Gasteiger charge is -2.42. The van der Waals surface area contributed by atoms with Crippen molar-refractivity contribution in [3.05, 3.63) is 41.2 Å². The first-order chi connectivity index (χ1) is 13.0. The van der Waals surface area contributed by atoms with Gasteiger partial charge in [0.05, 0.1) is 12.5 Å². The molecule has 0 aromatic heterocycles. The summed E-state index contributed by atoms with van der Waals surface area (Å²) in [6.07, 6.45) is 7.87. The van der Waals surface area contributed by atoms with Gasteiger partial charge in [0.25, 0.3) is 0 Å². The molecule has 2 saturated carbocycles. The number of halogens is 3. The van der Waals surface area contributed by atoms with Gasteiger partial charge in [-0.3, -0.25) is 0 Å². The largest absolute Gasteiger partial charge is 0.494 e. The van der Waals surface area contributed by atoms with Crippen LogP contribution in [0.25, 0.3) is 10.8 Å². The van der Waals surface area contributed by atoms with Crippen LogP contribution in [0.4, 0.5) is 13.2 Å². The Bertz CT molecular complexity index is 847. The number of fused-ring (bicyclic) bond motifs is 2. The van der Waals surface area contributed by atoms with Gasteiger partial charge >= 0.3 is 0 Å². The maximum absolute atomic E-state index is 14.9. The monoisotopic (exact) mass is 376 g/mol. The molecule has 4 atom stereocenters. The number of hydrogen-bond acceptors (Lipinski definition) is 1. The Labute approximate surface area is 158 Å². The normalized spacial score (nSPS) is 28.2. The first-order valence-corrected chi connectivity index (χ1v) is 10.2. The minimum Gasteiger partial charge on any atom is -0.494 e. The van der Waals surface area contributed by atoms with Gasteiger partial charge in [-0.1, -0.05) is 25.8 Å². The van der Waals surface area contributed by atoms with Crippen molar-refractivity contribution in [2.75, 3.05) is 7.11 Å². The molecule has 2 unspecified atom stereocenters. The minimum absolute atomic E-state index is 0.0217. The molecule has 146 valence electrons. The van der Waals surface area contributed by atoms with E-state index in [1.54, 1.807) is 12.1 Å². The summed E-state index contributed by atoms with van der Waals surface area (Å²) < 4.78 is 49.0. The Balaban J connectivity index is 1.66.